The summed E-state index contributed by atoms with van der Waals surface area (Å²) < 4.78 is 33.3. The average molecular weight is 639 g/mol. The van der Waals surface area contributed by atoms with Gasteiger partial charge in [-0.2, -0.15) is 4.31 Å². The van der Waals surface area contributed by atoms with Crippen LogP contribution in [0.25, 0.3) is 0 Å². The number of hydrogen-bond donors (Lipinski definition) is 4. The van der Waals surface area contributed by atoms with Crippen LogP contribution in [0.3, 0.4) is 0 Å². The lowest BCUT2D eigenvalue weighted by Crippen LogP contribution is -2.52. The van der Waals surface area contributed by atoms with Crippen molar-refractivity contribution in [1.82, 2.24) is 14.9 Å². The predicted octanol–water partition coefficient (Wildman–Crippen LogP) is 4.65. The van der Waals surface area contributed by atoms with Crippen molar-refractivity contribution in [2.24, 2.45) is 0 Å². The van der Waals surface area contributed by atoms with Gasteiger partial charge in [0.05, 0.1) is 18.6 Å². The average Bonchev–Trinajstić information content (AvgIpc) is 3.04. The maximum absolute atomic E-state index is 13.9. The molecule has 3 atom stereocenters. The van der Waals surface area contributed by atoms with Crippen LogP contribution in [0.4, 0.5) is 10.5 Å². The quantitative estimate of drug-likeness (QED) is 0.167. The lowest BCUT2D eigenvalue weighted by molar-refractivity contribution is -0.124. The first-order chi connectivity index (χ1) is 21.5. The van der Waals surface area contributed by atoms with E-state index in [2.05, 4.69) is 10.6 Å². The van der Waals surface area contributed by atoms with Crippen LogP contribution < -0.4 is 16.4 Å². The smallest absolute Gasteiger partial charge is 0.407 e. The number of nitrogens with two attached hydrogens (primary N) is 1. The molecule has 2 amide bonds. The first-order valence-electron chi connectivity index (χ1n) is 15.3. The molecular formula is C34H46N4O6S. The van der Waals surface area contributed by atoms with Gasteiger partial charge in [-0.25, -0.2) is 13.2 Å². The SMILES string of the molecule is CC[C@@H](CCC[C@@H](CO)N(C(C)C)S(=O)(=O)c1ccc(N)cc1)NC(=O)[C@H](NC(=O)OC)C(c1ccccc1)c1ccccc1. The molecule has 0 spiro atoms. The number of nitrogens with zero attached hydrogens (tertiary/aromatic N) is 1. The van der Waals surface area contributed by atoms with Gasteiger partial charge in [-0.05, 0) is 74.9 Å². The summed E-state index contributed by atoms with van der Waals surface area (Å²) in [5.41, 5.74) is 7.92. The van der Waals surface area contributed by atoms with E-state index in [4.69, 9.17) is 10.5 Å². The molecule has 45 heavy (non-hydrogen) atoms. The summed E-state index contributed by atoms with van der Waals surface area (Å²) >= 11 is 0. The number of methoxy groups -OCH3 is 1. The van der Waals surface area contributed by atoms with Crippen LogP contribution in [0.5, 0.6) is 0 Å². The Morgan fingerprint density at radius 3 is 1.91 bits per heavy atom. The van der Waals surface area contributed by atoms with Crippen LogP contribution >= 0.6 is 0 Å². The number of nitrogens with one attached hydrogen (secondary N) is 2. The van der Waals surface area contributed by atoms with Crippen LogP contribution in [0, 0.1) is 0 Å². The zero-order valence-corrected chi connectivity index (χ0v) is 27.2. The zero-order chi connectivity index (χ0) is 33.0. The third kappa shape index (κ3) is 9.53. The largest absolute Gasteiger partial charge is 0.453 e. The summed E-state index contributed by atoms with van der Waals surface area (Å²) in [6, 6.07) is 22.7. The van der Waals surface area contributed by atoms with Gasteiger partial charge in [-0.1, -0.05) is 67.6 Å². The van der Waals surface area contributed by atoms with E-state index >= 15 is 0 Å². The number of carbonyl (C=O) groups excluding carboxylic acids is 2. The van der Waals surface area contributed by atoms with Crippen molar-refractivity contribution < 1.29 is 27.9 Å². The summed E-state index contributed by atoms with van der Waals surface area (Å²) in [5.74, 6) is -0.848. The highest BCUT2D eigenvalue weighted by Crippen LogP contribution is 2.29. The second-order valence-electron chi connectivity index (χ2n) is 11.3. The lowest BCUT2D eigenvalue weighted by Gasteiger charge is -2.33. The van der Waals surface area contributed by atoms with Gasteiger partial charge in [0.1, 0.15) is 6.04 Å². The van der Waals surface area contributed by atoms with Gasteiger partial charge in [0.2, 0.25) is 15.9 Å². The molecule has 3 aromatic carbocycles. The molecule has 3 aromatic rings. The van der Waals surface area contributed by atoms with Gasteiger partial charge in [0.15, 0.2) is 0 Å². The number of aliphatic hydroxyl groups excluding tert-OH is 1. The number of nitrogen functional groups attached to an aromatic ring is 1. The minimum atomic E-state index is -3.90. The Bertz CT molecular complexity index is 1410. The molecule has 0 fully saturated rings. The first-order valence-corrected chi connectivity index (χ1v) is 16.7. The third-order valence-electron chi connectivity index (χ3n) is 7.86. The highest BCUT2D eigenvalue weighted by molar-refractivity contribution is 7.89. The summed E-state index contributed by atoms with van der Waals surface area (Å²) in [6.45, 7) is 5.15. The minimum Gasteiger partial charge on any atom is -0.453 e. The van der Waals surface area contributed by atoms with Crippen molar-refractivity contribution in [3.8, 4) is 0 Å². The fourth-order valence-corrected chi connectivity index (χ4v) is 7.45. The Morgan fingerprint density at radius 1 is 0.889 bits per heavy atom. The number of amides is 2. The Labute approximate surface area is 267 Å². The molecule has 5 N–H and O–H groups in total. The van der Waals surface area contributed by atoms with Crippen molar-refractivity contribution in [2.75, 3.05) is 19.5 Å². The van der Waals surface area contributed by atoms with Crippen molar-refractivity contribution in [3.05, 3.63) is 96.1 Å². The van der Waals surface area contributed by atoms with E-state index in [-0.39, 0.29) is 23.5 Å². The van der Waals surface area contributed by atoms with E-state index in [9.17, 15) is 23.1 Å². The van der Waals surface area contributed by atoms with Crippen molar-refractivity contribution in [3.63, 3.8) is 0 Å². The fourth-order valence-electron chi connectivity index (χ4n) is 5.61. The van der Waals surface area contributed by atoms with Gasteiger partial charge in [0.25, 0.3) is 0 Å². The van der Waals surface area contributed by atoms with Crippen molar-refractivity contribution in [2.45, 2.75) is 81.4 Å². The number of sulfonamides is 1. The molecule has 244 valence electrons. The van der Waals surface area contributed by atoms with Crippen LogP contribution in [0.2, 0.25) is 0 Å². The molecule has 0 heterocycles. The van der Waals surface area contributed by atoms with E-state index in [1.165, 1.54) is 35.7 Å². The first kappa shape index (κ1) is 35.5. The molecular weight excluding hydrogens is 592 g/mol. The van der Waals surface area contributed by atoms with E-state index < -0.39 is 40.2 Å². The van der Waals surface area contributed by atoms with E-state index in [1.807, 2.05) is 67.6 Å². The molecule has 11 heteroatoms. The van der Waals surface area contributed by atoms with Crippen molar-refractivity contribution in [1.29, 1.82) is 0 Å². The molecule has 0 saturated heterocycles. The van der Waals surface area contributed by atoms with Gasteiger partial charge >= 0.3 is 6.09 Å². The van der Waals surface area contributed by atoms with E-state index in [0.29, 0.717) is 31.4 Å². The summed E-state index contributed by atoms with van der Waals surface area (Å²) in [7, 11) is -2.64. The third-order valence-corrected chi connectivity index (χ3v) is 10.00. The highest BCUT2D eigenvalue weighted by Gasteiger charge is 2.35. The van der Waals surface area contributed by atoms with Gasteiger partial charge in [-0.15, -0.1) is 0 Å². The number of carbonyl (C=O) groups is 2. The zero-order valence-electron chi connectivity index (χ0n) is 26.4. The molecule has 0 unspecified atom stereocenters. The number of benzene rings is 3. The summed E-state index contributed by atoms with van der Waals surface area (Å²) in [6.07, 6.45) is 1.36. The molecule has 0 aromatic heterocycles. The van der Waals surface area contributed by atoms with E-state index in [0.717, 1.165) is 11.1 Å². The standard InChI is InChI=1S/C34H46N4O6S/c1-5-28(17-12-18-29(23-39)38(24(2)3)45(42,43)30-21-19-27(35)20-22-30)36-33(40)32(37-34(41)44-4)31(25-13-8-6-9-14-25)26-15-10-7-11-16-26/h6-11,13-16,19-22,24,28-29,31-32,39H,5,12,17-18,23,35H2,1-4H3,(H,36,40)(H,37,41)/t28-,29-,32+/m0/s1. The van der Waals surface area contributed by atoms with Crippen LogP contribution in [0.15, 0.2) is 89.8 Å². The lowest BCUT2D eigenvalue weighted by atomic mass is 9.84. The van der Waals surface area contributed by atoms with Gasteiger partial charge in [0, 0.05) is 29.7 Å². The number of aliphatic hydroxyl groups is 1. The van der Waals surface area contributed by atoms with Gasteiger partial charge in [-0.3, -0.25) is 4.79 Å². The monoisotopic (exact) mass is 638 g/mol. The molecule has 0 saturated carbocycles. The molecule has 10 nitrogen and oxygen atoms in total. The number of anilines is 1. The Hall–Kier alpha value is -3.93. The number of alkyl carbamates (subject to hydrolysis) is 1. The summed E-state index contributed by atoms with van der Waals surface area (Å²) in [5, 5.41) is 16.1. The Balaban J connectivity index is 1.78. The van der Waals surface area contributed by atoms with Crippen LogP contribution in [0.1, 0.15) is 63.5 Å². The molecule has 0 aliphatic heterocycles. The molecule has 0 radical (unpaired) electrons. The normalized spacial score (nSPS) is 13.8. The maximum atomic E-state index is 13.9. The molecule has 0 aliphatic carbocycles. The second kappa shape index (κ2) is 17.0. The Kier molecular flexibility index (Phi) is 13.4. The van der Waals surface area contributed by atoms with Crippen LogP contribution in [-0.4, -0.2) is 67.7 Å². The van der Waals surface area contributed by atoms with Gasteiger partial charge < -0.3 is 26.2 Å². The number of hydrogen-bond acceptors (Lipinski definition) is 7. The molecule has 0 bridgehead atoms. The van der Waals surface area contributed by atoms with Crippen LogP contribution in [-0.2, 0) is 19.6 Å². The van der Waals surface area contributed by atoms with Crippen molar-refractivity contribution >= 4 is 27.7 Å². The topological polar surface area (TPSA) is 151 Å². The minimum absolute atomic E-state index is 0.109. The van der Waals surface area contributed by atoms with E-state index in [1.54, 1.807) is 13.8 Å². The predicted molar refractivity (Wildman–Crippen MR) is 176 cm³/mol. The second-order valence-corrected chi connectivity index (χ2v) is 13.1. The number of rotatable bonds is 16. The maximum Gasteiger partial charge on any atom is 0.407 e. The fraction of sp³-hybridized carbons (Fsp3) is 0.412. The number of ether oxygens (including phenoxy) is 1. The molecule has 3 rings (SSSR count). The molecule has 0 aliphatic rings. The highest BCUT2D eigenvalue weighted by atomic mass is 32.2. The summed E-state index contributed by atoms with van der Waals surface area (Å²) in [4.78, 5) is 26.5. The Morgan fingerprint density at radius 2 is 1.44 bits per heavy atom.